The minimum absolute atomic E-state index is 0.0209. The number of nitrogens with zero attached hydrogens (tertiary/aromatic N) is 2. The molecule has 1 aliphatic heterocycles. The summed E-state index contributed by atoms with van der Waals surface area (Å²) < 4.78 is 5.56. The van der Waals surface area contributed by atoms with Crippen LogP contribution in [-0.4, -0.2) is 36.2 Å². The Hall–Kier alpha value is -1.91. The molecule has 28 heavy (non-hydrogen) atoms. The molecule has 0 radical (unpaired) electrons. The predicted octanol–water partition coefficient (Wildman–Crippen LogP) is 5.79. The molecule has 0 fully saturated rings. The largest absolute Gasteiger partial charge is 0.444 e. The van der Waals surface area contributed by atoms with Crippen molar-refractivity contribution >= 4 is 35.0 Å². The molecule has 1 unspecified atom stereocenters. The van der Waals surface area contributed by atoms with Crippen LogP contribution in [0.25, 0.3) is 0 Å². The number of benzene rings is 2. The number of anilines is 1. The summed E-state index contributed by atoms with van der Waals surface area (Å²) in [7, 11) is 1.81. The smallest absolute Gasteiger partial charge is 0.410 e. The molecule has 0 spiro atoms. The molecule has 2 aromatic rings. The highest BCUT2D eigenvalue weighted by Gasteiger charge is 2.31. The lowest BCUT2D eigenvalue weighted by Crippen LogP contribution is -2.50. The Morgan fingerprint density at radius 3 is 2.57 bits per heavy atom. The van der Waals surface area contributed by atoms with E-state index in [1.54, 1.807) is 4.90 Å². The van der Waals surface area contributed by atoms with Gasteiger partial charge in [0.15, 0.2) is 0 Å². The Morgan fingerprint density at radius 1 is 1.18 bits per heavy atom. The standard InChI is InChI=1S/C22H26Cl2N2O2/c1-22(2,3)28-21(27)25(4)17-12-16-7-5-6-8-20(16)26(14-17)13-15-9-10-18(23)19(24)11-15/h5-11,17H,12-14H2,1-4H3. The van der Waals surface area contributed by atoms with Gasteiger partial charge in [-0.15, -0.1) is 0 Å². The van der Waals surface area contributed by atoms with Gasteiger partial charge in [0.25, 0.3) is 0 Å². The molecule has 1 heterocycles. The summed E-state index contributed by atoms with van der Waals surface area (Å²) in [5, 5.41) is 1.10. The minimum Gasteiger partial charge on any atom is -0.444 e. The maximum absolute atomic E-state index is 12.6. The van der Waals surface area contributed by atoms with E-state index in [-0.39, 0.29) is 12.1 Å². The first-order chi connectivity index (χ1) is 13.1. The van der Waals surface area contributed by atoms with Gasteiger partial charge in [-0.25, -0.2) is 4.79 Å². The van der Waals surface area contributed by atoms with E-state index in [0.717, 1.165) is 12.0 Å². The molecule has 0 saturated carbocycles. The van der Waals surface area contributed by atoms with Gasteiger partial charge in [0.2, 0.25) is 0 Å². The number of rotatable bonds is 3. The summed E-state index contributed by atoms with van der Waals surface area (Å²) in [5.41, 5.74) is 2.96. The average Bonchev–Trinajstić information content (AvgIpc) is 2.62. The van der Waals surface area contributed by atoms with Crippen molar-refractivity contribution in [3.05, 3.63) is 63.6 Å². The van der Waals surface area contributed by atoms with Crippen LogP contribution in [0.5, 0.6) is 0 Å². The van der Waals surface area contributed by atoms with E-state index in [4.69, 9.17) is 27.9 Å². The maximum atomic E-state index is 12.6. The number of fused-ring (bicyclic) bond motifs is 1. The van der Waals surface area contributed by atoms with Crippen LogP contribution in [0.15, 0.2) is 42.5 Å². The van der Waals surface area contributed by atoms with Crippen molar-refractivity contribution in [2.45, 2.75) is 45.4 Å². The van der Waals surface area contributed by atoms with Crippen LogP contribution in [0.3, 0.4) is 0 Å². The predicted molar refractivity (Wildman–Crippen MR) is 115 cm³/mol. The van der Waals surface area contributed by atoms with Crippen LogP contribution in [0, 0.1) is 0 Å². The zero-order valence-electron chi connectivity index (χ0n) is 16.7. The van der Waals surface area contributed by atoms with E-state index >= 15 is 0 Å². The lowest BCUT2D eigenvalue weighted by atomic mass is 9.96. The summed E-state index contributed by atoms with van der Waals surface area (Å²) in [6, 6.07) is 14.0. The Balaban J connectivity index is 1.83. The third-order valence-electron chi connectivity index (χ3n) is 4.81. The Kier molecular flexibility index (Phi) is 6.11. The molecule has 2 aromatic carbocycles. The van der Waals surface area contributed by atoms with E-state index in [9.17, 15) is 4.79 Å². The first kappa shape index (κ1) is 20.8. The lowest BCUT2D eigenvalue weighted by molar-refractivity contribution is 0.0223. The summed E-state index contributed by atoms with van der Waals surface area (Å²) in [6.07, 6.45) is 0.496. The molecule has 1 amide bonds. The van der Waals surface area contributed by atoms with Crippen molar-refractivity contribution in [3.8, 4) is 0 Å². The molecular weight excluding hydrogens is 395 g/mol. The average molecular weight is 421 g/mol. The van der Waals surface area contributed by atoms with Crippen molar-refractivity contribution in [1.29, 1.82) is 0 Å². The van der Waals surface area contributed by atoms with Gasteiger partial charge in [-0.1, -0.05) is 47.5 Å². The van der Waals surface area contributed by atoms with Crippen LogP contribution >= 0.6 is 23.2 Å². The fourth-order valence-electron chi connectivity index (χ4n) is 3.41. The van der Waals surface area contributed by atoms with Crippen molar-refractivity contribution < 1.29 is 9.53 Å². The number of likely N-dealkylation sites (N-methyl/N-ethyl adjacent to an activating group) is 1. The van der Waals surface area contributed by atoms with Crippen LogP contribution in [0.4, 0.5) is 10.5 Å². The normalized spacial score (nSPS) is 16.5. The van der Waals surface area contributed by atoms with Gasteiger partial charge in [0.1, 0.15) is 5.60 Å². The molecule has 6 heteroatoms. The van der Waals surface area contributed by atoms with Crippen molar-refractivity contribution in [1.82, 2.24) is 4.90 Å². The monoisotopic (exact) mass is 420 g/mol. The topological polar surface area (TPSA) is 32.8 Å². The van der Waals surface area contributed by atoms with Gasteiger partial charge in [-0.05, 0) is 56.5 Å². The molecule has 1 atom stereocenters. The number of halogens is 2. The molecule has 0 N–H and O–H groups in total. The molecule has 0 aromatic heterocycles. The van der Waals surface area contributed by atoms with Crippen molar-refractivity contribution in [2.75, 3.05) is 18.5 Å². The van der Waals surface area contributed by atoms with Crippen LogP contribution < -0.4 is 4.90 Å². The van der Waals surface area contributed by atoms with E-state index in [0.29, 0.717) is 23.1 Å². The van der Waals surface area contributed by atoms with Crippen LogP contribution in [0.1, 0.15) is 31.9 Å². The minimum atomic E-state index is -0.516. The second-order valence-corrected chi connectivity index (χ2v) is 9.02. The van der Waals surface area contributed by atoms with Crippen LogP contribution in [0.2, 0.25) is 10.0 Å². The van der Waals surface area contributed by atoms with E-state index in [2.05, 4.69) is 17.0 Å². The first-order valence-corrected chi connectivity index (χ1v) is 10.1. The molecule has 3 rings (SSSR count). The highest BCUT2D eigenvalue weighted by Crippen LogP contribution is 2.31. The molecular formula is C22H26Cl2N2O2. The number of carbonyl (C=O) groups is 1. The molecule has 1 aliphatic rings. The molecule has 4 nitrogen and oxygen atoms in total. The fraction of sp³-hybridized carbons (Fsp3) is 0.409. The van der Waals surface area contributed by atoms with Gasteiger partial charge < -0.3 is 14.5 Å². The maximum Gasteiger partial charge on any atom is 0.410 e. The van der Waals surface area contributed by atoms with Crippen molar-refractivity contribution in [3.63, 3.8) is 0 Å². The fourth-order valence-corrected chi connectivity index (χ4v) is 3.73. The van der Waals surface area contributed by atoms with E-state index in [1.807, 2.05) is 58.2 Å². The van der Waals surface area contributed by atoms with Crippen molar-refractivity contribution in [2.24, 2.45) is 0 Å². The summed E-state index contributed by atoms with van der Waals surface area (Å²) in [6.45, 7) is 7.04. The second-order valence-electron chi connectivity index (χ2n) is 8.21. The molecule has 0 saturated heterocycles. The third kappa shape index (κ3) is 4.92. The SMILES string of the molecule is CN(C(=O)OC(C)(C)C)C1Cc2ccccc2N(Cc2ccc(Cl)c(Cl)c2)C1. The lowest BCUT2D eigenvalue weighted by Gasteiger charge is -2.40. The highest BCUT2D eigenvalue weighted by molar-refractivity contribution is 6.42. The third-order valence-corrected chi connectivity index (χ3v) is 5.54. The number of carbonyl (C=O) groups excluding carboxylic acids is 1. The number of hydrogen-bond acceptors (Lipinski definition) is 3. The van der Waals surface area contributed by atoms with Gasteiger partial charge in [-0.2, -0.15) is 0 Å². The summed E-state index contributed by atoms with van der Waals surface area (Å²) in [5.74, 6) is 0. The molecule has 150 valence electrons. The van der Waals surface area contributed by atoms with E-state index < -0.39 is 5.60 Å². The van der Waals surface area contributed by atoms with Gasteiger partial charge in [0, 0.05) is 25.8 Å². The quantitative estimate of drug-likeness (QED) is 0.629. The zero-order valence-corrected chi connectivity index (χ0v) is 18.2. The Morgan fingerprint density at radius 2 is 1.89 bits per heavy atom. The number of ether oxygens (including phenoxy) is 1. The number of hydrogen-bond donors (Lipinski definition) is 0. The van der Waals surface area contributed by atoms with Crippen LogP contribution in [-0.2, 0) is 17.7 Å². The number of amides is 1. The van der Waals surface area contributed by atoms with E-state index in [1.165, 1.54) is 11.3 Å². The highest BCUT2D eigenvalue weighted by atomic mass is 35.5. The van der Waals surface area contributed by atoms with Gasteiger partial charge >= 0.3 is 6.09 Å². The Labute approximate surface area is 177 Å². The Bertz CT molecular complexity index is 864. The van der Waals surface area contributed by atoms with Gasteiger partial charge in [0.05, 0.1) is 16.1 Å². The number of para-hydroxylation sites is 1. The summed E-state index contributed by atoms with van der Waals surface area (Å²) in [4.78, 5) is 16.6. The summed E-state index contributed by atoms with van der Waals surface area (Å²) >= 11 is 12.2. The first-order valence-electron chi connectivity index (χ1n) is 9.36. The molecule has 0 bridgehead atoms. The molecule has 0 aliphatic carbocycles. The van der Waals surface area contributed by atoms with Gasteiger partial charge in [-0.3, -0.25) is 0 Å². The second kappa shape index (κ2) is 8.22. The zero-order chi connectivity index (χ0) is 20.5.